The molecule has 0 amide bonds. The summed E-state index contributed by atoms with van der Waals surface area (Å²) in [5.74, 6) is 1.07. The first-order chi connectivity index (χ1) is 8.87. The van der Waals surface area contributed by atoms with Crippen LogP contribution in [0.25, 0.3) is 0 Å². The number of hydrogen-bond donors (Lipinski definition) is 0. The average molecular weight is 343 g/mol. The lowest BCUT2D eigenvalue weighted by atomic mass is 10.1. The highest BCUT2D eigenvalue weighted by molar-refractivity contribution is 9.09. The van der Waals surface area contributed by atoms with E-state index in [0.29, 0.717) is 11.5 Å². The van der Waals surface area contributed by atoms with Crippen molar-refractivity contribution in [1.82, 2.24) is 0 Å². The molecule has 1 rings (SSSR count). The first-order valence-corrected chi connectivity index (χ1v) is 6.29. The van der Waals surface area contributed by atoms with Gasteiger partial charge in [-0.05, 0) is 17.7 Å². The molecule has 0 aliphatic rings. The van der Waals surface area contributed by atoms with E-state index in [1.165, 1.54) is 14.2 Å². The van der Waals surface area contributed by atoms with Gasteiger partial charge in [0, 0.05) is 0 Å². The molecular weight excluding hydrogens is 329 g/mol. The molecule has 7 heteroatoms. The molecule has 1 aromatic rings. The van der Waals surface area contributed by atoms with Crippen LogP contribution in [0.15, 0.2) is 18.2 Å². The van der Waals surface area contributed by atoms with E-state index in [1.54, 1.807) is 18.2 Å². The Morgan fingerprint density at radius 1 is 1.16 bits per heavy atom. The number of halogens is 4. The van der Waals surface area contributed by atoms with Crippen LogP contribution in [0.3, 0.4) is 0 Å². The van der Waals surface area contributed by atoms with Crippen LogP contribution >= 0.6 is 15.9 Å². The highest BCUT2D eigenvalue weighted by Gasteiger charge is 2.27. The first-order valence-electron chi connectivity index (χ1n) is 5.38. The fraction of sp³-hybridized carbons (Fsp3) is 0.500. The van der Waals surface area contributed by atoms with E-state index in [1.807, 2.05) is 0 Å². The molecule has 108 valence electrons. The van der Waals surface area contributed by atoms with Gasteiger partial charge in [0.05, 0.1) is 25.7 Å². The fourth-order valence-corrected chi connectivity index (χ4v) is 1.89. The lowest BCUT2D eigenvalue weighted by molar-refractivity contribution is -0.173. The molecular formula is C12H14BrF3O3. The van der Waals surface area contributed by atoms with Gasteiger partial charge < -0.3 is 14.2 Å². The molecule has 0 fully saturated rings. The number of alkyl halides is 4. The molecule has 1 atom stereocenters. The van der Waals surface area contributed by atoms with Gasteiger partial charge in [-0.3, -0.25) is 0 Å². The summed E-state index contributed by atoms with van der Waals surface area (Å²) in [6.45, 7) is -1.35. The van der Waals surface area contributed by atoms with Gasteiger partial charge >= 0.3 is 6.18 Å². The van der Waals surface area contributed by atoms with Gasteiger partial charge in [-0.25, -0.2) is 0 Å². The van der Waals surface area contributed by atoms with Crippen molar-refractivity contribution >= 4 is 15.9 Å². The van der Waals surface area contributed by atoms with Crippen LogP contribution in [0.4, 0.5) is 13.2 Å². The standard InChI is InChI=1S/C12H14BrF3O3/c1-17-10-4-3-8(5-11(10)18-2)9(13)6-19-7-12(14,15)16/h3-5,9H,6-7H2,1-2H3. The molecule has 0 aliphatic carbocycles. The minimum atomic E-state index is -4.32. The predicted molar refractivity (Wildman–Crippen MR) is 68.1 cm³/mol. The zero-order valence-electron chi connectivity index (χ0n) is 10.5. The second-order valence-electron chi connectivity index (χ2n) is 3.71. The Morgan fingerprint density at radius 2 is 1.79 bits per heavy atom. The predicted octanol–water partition coefficient (Wildman–Crippen LogP) is 3.72. The number of hydrogen-bond acceptors (Lipinski definition) is 3. The lowest BCUT2D eigenvalue weighted by Crippen LogP contribution is -2.18. The second kappa shape index (κ2) is 7.00. The molecule has 0 saturated carbocycles. The third-order valence-electron chi connectivity index (χ3n) is 2.30. The monoisotopic (exact) mass is 342 g/mol. The van der Waals surface area contributed by atoms with Gasteiger partial charge in [-0.2, -0.15) is 13.2 Å². The van der Waals surface area contributed by atoms with Crippen LogP contribution in [0.1, 0.15) is 10.4 Å². The maximum absolute atomic E-state index is 11.9. The minimum absolute atomic E-state index is 0.0883. The molecule has 1 aromatic carbocycles. The van der Waals surface area contributed by atoms with E-state index in [2.05, 4.69) is 20.7 Å². The summed E-state index contributed by atoms with van der Waals surface area (Å²) in [6, 6.07) is 5.11. The van der Waals surface area contributed by atoms with Crippen LogP contribution < -0.4 is 9.47 Å². The number of methoxy groups -OCH3 is 2. The maximum atomic E-state index is 11.9. The Kier molecular flexibility index (Phi) is 5.93. The summed E-state index contributed by atoms with van der Waals surface area (Å²) >= 11 is 3.27. The Balaban J connectivity index is 2.64. The molecule has 0 aliphatic heterocycles. The van der Waals surface area contributed by atoms with Crippen LogP contribution in [0.5, 0.6) is 11.5 Å². The Hall–Kier alpha value is -0.950. The summed E-state index contributed by atoms with van der Waals surface area (Å²) in [5.41, 5.74) is 0.750. The Labute approximate surface area is 117 Å². The zero-order valence-corrected chi connectivity index (χ0v) is 12.0. The minimum Gasteiger partial charge on any atom is -0.493 e. The highest BCUT2D eigenvalue weighted by atomic mass is 79.9. The molecule has 3 nitrogen and oxygen atoms in total. The van der Waals surface area contributed by atoms with Crippen molar-refractivity contribution in [3.63, 3.8) is 0 Å². The van der Waals surface area contributed by atoms with E-state index in [0.717, 1.165) is 5.56 Å². The lowest BCUT2D eigenvalue weighted by Gasteiger charge is -2.14. The molecule has 0 saturated heterocycles. The summed E-state index contributed by atoms with van der Waals surface area (Å²) in [6.07, 6.45) is -4.32. The summed E-state index contributed by atoms with van der Waals surface area (Å²) in [4.78, 5) is -0.352. The summed E-state index contributed by atoms with van der Waals surface area (Å²) in [7, 11) is 3.00. The molecule has 0 N–H and O–H groups in total. The van der Waals surface area contributed by atoms with E-state index >= 15 is 0 Å². The molecule has 0 aromatic heterocycles. The number of ether oxygens (including phenoxy) is 3. The largest absolute Gasteiger partial charge is 0.493 e. The number of benzene rings is 1. The van der Waals surface area contributed by atoms with Gasteiger partial charge in [-0.1, -0.05) is 22.0 Å². The third kappa shape index (κ3) is 5.28. The van der Waals surface area contributed by atoms with Crippen LogP contribution in [-0.4, -0.2) is 33.6 Å². The van der Waals surface area contributed by atoms with Gasteiger partial charge in [0.2, 0.25) is 0 Å². The normalized spacial score (nSPS) is 13.2. The molecule has 19 heavy (non-hydrogen) atoms. The Bertz CT molecular complexity index is 410. The summed E-state index contributed by atoms with van der Waals surface area (Å²) < 4.78 is 50.6. The van der Waals surface area contributed by atoms with Crippen molar-refractivity contribution in [2.24, 2.45) is 0 Å². The topological polar surface area (TPSA) is 27.7 Å². The van der Waals surface area contributed by atoms with Crippen molar-refractivity contribution in [2.75, 3.05) is 27.4 Å². The van der Waals surface area contributed by atoms with Crippen molar-refractivity contribution in [3.8, 4) is 11.5 Å². The van der Waals surface area contributed by atoms with Crippen LogP contribution in [0.2, 0.25) is 0 Å². The second-order valence-corrected chi connectivity index (χ2v) is 4.82. The van der Waals surface area contributed by atoms with E-state index in [4.69, 9.17) is 9.47 Å². The number of rotatable bonds is 6. The Morgan fingerprint density at radius 3 is 2.32 bits per heavy atom. The smallest absolute Gasteiger partial charge is 0.411 e. The van der Waals surface area contributed by atoms with E-state index < -0.39 is 12.8 Å². The fourth-order valence-electron chi connectivity index (χ4n) is 1.42. The third-order valence-corrected chi connectivity index (χ3v) is 3.09. The quantitative estimate of drug-likeness (QED) is 0.737. The van der Waals surface area contributed by atoms with Crippen molar-refractivity contribution in [3.05, 3.63) is 23.8 Å². The van der Waals surface area contributed by atoms with Crippen LogP contribution in [-0.2, 0) is 4.74 Å². The van der Waals surface area contributed by atoms with E-state index in [-0.39, 0.29) is 11.4 Å². The zero-order chi connectivity index (χ0) is 14.5. The van der Waals surface area contributed by atoms with E-state index in [9.17, 15) is 13.2 Å². The molecule has 0 spiro atoms. The average Bonchev–Trinajstić information content (AvgIpc) is 2.36. The van der Waals surface area contributed by atoms with Crippen molar-refractivity contribution in [2.45, 2.75) is 11.0 Å². The first kappa shape index (κ1) is 16.1. The molecule has 1 unspecified atom stereocenters. The van der Waals surface area contributed by atoms with Gasteiger partial charge in [0.15, 0.2) is 11.5 Å². The van der Waals surface area contributed by atoms with Gasteiger partial charge in [-0.15, -0.1) is 0 Å². The van der Waals surface area contributed by atoms with Gasteiger partial charge in [0.25, 0.3) is 0 Å². The molecule has 0 heterocycles. The summed E-state index contributed by atoms with van der Waals surface area (Å²) in [5, 5.41) is 0. The molecule has 0 bridgehead atoms. The van der Waals surface area contributed by atoms with Crippen molar-refractivity contribution in [1.29, 1.82) is 0 Å². The van der Waals surface area contributed by atoms with Crippen molar-refractivity contribution < 1.29 is 27.4 Å². The highest BCUT2D eigenvalue weighted by Crippen LogP contribution is 2.33. The maximum Gasteiger partial charge on any atom is 0.411 e. The molecule has 0 radical (unpaired) electrons. The van der Waals surface area contributed by atoms with Crippen LogP contribution in [0, 0.1) is 0 Å². The van der Waals surface area contributed by atoms with Gasteiger partial charge in [0.1, 0.15) is 6.61 Å². The SMILES string of the molecule is COc1ccc(C(Br)COCC(F)(F)F)cc1OC.